The summed E-state index contributed by atoms with van der Waals surface area (Å²) in [6, 6.07) is 19.3. The number of hydrogen-bond acceptors (Lipinski definition) is 1. The van der Waals surface area contributed by atoms with Crippen molar-refractivity contribution in [2.45, 2.75) is 52.4 Å². The highest BCUT2D eigenvalue weighted by molar-refractivity contribution is 6.14. The summed E-state index contributed by atoms with van der Waals surface area (Å²) in [5.41, 5.74) is 4.85. The molecule has 0 radical (unpaired) electrons. The molecule has 1 aliphatic rings. The molecule has 1 heterocycles. The first-order chi connectivity index (χ1) is 14.0. The fourth-order valence-electron chi connectivity index (χ4n) is 4.43. The topological polar surface area (TPSA) is 20.3 Å². The average Bonchev–Trinajstić information content (AvgIpc) is 2.89. The maximum atomic E-state index is 15.1. The number of hydrogen-bond donors (Lipinski definition) is 0. The van der Waals surface area contributed by atoms with Crippen molar-refractivity contribution in [1.29, 1.82) is 0 Å². The van der Waals surface area contributed by atoms with E-state index in [-0.39, 0.29) is 17.1 Å². The number of nitrogens with zero attached hydrogens (tertiary/aromatic N) is 1. The van der Waals surface area contributed by atoms with E-state index in [1.54, 1.807) is 11.0 Å². The zero-order chi connectivity index (χ0) is 21.8. The molecule has 0 aromatic heterocycles. The molecule has 30 heavy (non-hydrogen) atoms. The molecule has 3 heteroatoms. The smallest absolute Gasteiger partial charge is 0.246 e. The van der Waals surface area contributed by atoms with E-state index in [9.17, 15) is 4.79 Å². The lowest BCUT2D eigenvalue weighted by atomic mass is 9.75. The Balaban J connectivity index is 1.93. The first-order valence-corrected chi connectivity index (χ1v) is 10.4. The van der Waals surface area contributed by atoms with Gasteiger partial charge in [0.2, 0.25) is 5.91 Å². The Morgan fingerprint density at radius 3 is 2.23 bits per heavy atom. The minimum Gasteiger partial charge on any atom is -0.280 e. The molecule has 0 saturated heterocycles. The van der Waals surface area contributed by atoms with Gasteiger partial charge in [-0.05, 0) is 72.7 Å². The average molecular weight is 402 g/mol. The second kappa shape index (κ2) is 6.80. The minimum absolute atomic E-state index is 0.0587. The quantitative estimate of drug-likeness (QED) is 0.466. The van der Waals surface area contributed by atoms with E-state index in [1.165, 1.54) is 0 Å². The van der Waals surface area contributed by atoms with Gasteiger partial charge in [0.15, 0.2) is 0 Å². The second-order valence-corrected chi connectivity index (χ2v) is 9.57. The third-order valence-corrected chi connectivity index (χ3v) is 6.18. The van der Waals surface area contributed by atoms with Crippen LogP contribution < -0.4 is 4.90 Å². The van der Waals surface area contributed by atoms with E-state index < -0.39 is 5.41 Å². The lowest BCUT2D eigenvalue weighted by molar-refractivity contribution is -0.120. The first-order valence-electron chi connectivity index (χ1n) is 10.4. The van der Waals surface area contributed by atoms with Gasteiger partial charge in [0.05, 0.1) is 11.1 Å². The van der Waals surface area contributed by atoms with Crippen LogP contribution in [0.4, 0.5) is 15.8 Å². The number of anilines is 2. The van der Waals surface area contributed by atoms with Crippen molar-refractivity contribution < 1.29 is 9.18 Å². The molecule has 0 spiro atoms. The van der Waals surface area contributed by atoms with Gasteiger partial charge in [-0.15, -0.1) is 0 Å². The molecule has 0 N–H and O–H groups in total. The zero-order valence-electron chi connectivity index (χ0n) is 18.5. The van der Waals surface area contributed by atoms with Gasteiger partial charge in [0.25, 0.3) is 0 Å². The third kappa shape index (κ3) is 3.04. The van der Waals surface area contributed by atoms with Crippen molar-refractivity contribution in [3.8, 4) is 0 Å². The fourth-order valence-corrected chi connectivity index (χ4v) is 4.43. The summed E-state index contributed by atoms with van der Waals surface area (Å²) in [6.07, 6.45) is 0. The predicted octanol–water partition coefficient (Wildman–Crippen LogP) is 6.72. The van der Waals surface area contributed by atoms with E-state index in [0.717, 1.165) is 28.1 Å². The number of aryl methyl sites for hydroxylation is 2. The van der Waals surface area contributed by atoms with E-state index in [2.05, 4.69) is 6.07 Å². The number of benzene rings is 3. The largest absolute Gasteiger partial charge is 0.280 e. The summed E-state index contributed by atoms with van der Waals surface area (Å²) in [4.78, 5) is 15.7. The SMILES string of the molecule is Cc1cccc(N2C(=O)C(C)(c3ccc(C(C)(C)C)c(F)c3)c3cc(C)ccc32)c1. The van der Waals surface area contributed by atoms with Crippen LogP contribution in [0.2, 0.25) is 0 Å². The van der Waals surface area contributed by atoms with E-state index in [1.807, 2.05) is 90.1 Å². The van der Waals surface area contributed by atoms with E-state index in [4.69, 9.17) is 0 Å². The molecule has 0 fully saturated rings. The van der Waals surface area contributed by atoms with E-state index >= 15 is 4.39 Å². The molecule has 0 aliphatic carbocycles. The number of rotatable bonds is 2. The van der Waals surface area contributed by atoms with Gasteiger partial charge >= 0.3 is 0 Å². The Kier molecular flexibility index (Phi) is 4.61. The number of halogens is 1. The van der Waals surface area contributed by atoms with E-state index in [0.29, 0.717) is 11.1 Å². The Labute approximate surface area is 178 Å². The summed E-state index contributed by atoms with van der Waals surface area (Å²) in [7, 11) is 0. The summed E-state index contributed by atoms with van der Waals surface area (Å²) in [5, 5.41) is 0. The standard InChI is InChI=1S/C27H28FNO/c1-17-8-7-9-20(14-17)29-24-13-10-18(2)15-22(24)27(6,25(29)30)19-11-12-21(23(28)16-19)26(3,4)5/h7-16H,1-6H3. The molecular formula is C27H28FNO. The van der Waals surface area contributed by atoms with Gasteiger partial charge in [0.1, 0.15) is 5.82 Å². The van der Waals surface area contributed by atoms with Crippen molar-refractivity contribution in [3.05, 3.63) is 94.3 Å². The van der Waals surface area contributed by atoms with Crippen LogP contribution in [0, 0.1) is 19.7 Å². The summed E-state index contributed by atoms with van der Waals surface area (Å²) >= 11 is 0. The normalized spacial score (nSPS) is 18.6. The first kappa shape index (κ1) is 20.3. The maximum Gasteiger partial charge on any atom is 0.246 e. The number of amides is 1. The summed E-state index contributed by atoms with van der Waals surface area (Å²) in [6.45, 7) is 11.9. The van der Waals surface area contributed by atoms with Gasteiger partial charge < -0.3 is 0 Å². The maximum absolute atomic E-state index is 15.1. The van der Waals surface area contributed by atoms with Crippen molar-refractivity contribution in [2.24, 2.45) is 0 Å². The highest BCUT2D eigenvalue weighted by Crippen LogP contribution is 2.49. The molecule has 1 aliphatic heterocycles. The van der Waals surface area contributed by atoms with Crippen LogP contribution in [0.5, 0.6) is 0 Å². The van der Waals surface area contributed by atoms with Crippen LogP contribution in [-0.2, 0) is 15.6 Å². The molecule has 1 unspecified atom stereocenters. The zero-order valence-corrected chi connectivity index (χ0v) is 18.5. The van der Waals surface area contributed by atoms with Crippen LogP contribution >= 0.6 is 0 Å². The number of carbonyl (C=O) groups is 1. The highest BCUT2D eigenvalue weighted by Gasteiger charge is 2.49. The lowest BCUT2D eigenvalue weighted by Gasteiger charge is -2.27. The van der Waals surface area contributed by atoms with Gasteiger partial charge in [0, 0.05) is 5.69 Å². The van der Waals surface area contributed by atoms with Gasteiger partial charge in [-0.1, -0.05) is 62.7 Å². The molecule has 2 nitrogen and oxygen atoms in total. The Morgan fingerprint density at radius 2 is 1.60 bits per heavy atom. The fraction of sp³-hybridized carbons (Fsp3) is 0.296. The van der Waals surface area contributed by atoms with Crippen molar-refractivity contribution in [3.63, 3.8) is 0 Å². The molecule has 3 aromatic rings. The molecule has 0 bridgehead atoms. The number of fused-ring (bicyclic) bond motifs is 1. The third-order valence-electron chi connectivity index (χ3n) is 6.18. The molecule has 3 aromatic carbocycles. The van der Waals surface area contributed by atoms with Crippen LogP contribution in [-0.4, -0.2) is 5.91 Å². The van der Waals surface area contributed by atoms with Crippen molar-refractivity contribution >= 4 is 17.3 Å². The predicted molar refractivity (Wildman–Crippen MR) is 121 cm³/mol. The van der Waals surface area contributed by atoms with Gasteiger partial charge in [-0.25, -0.2) is 4.39 Å². The summed E-state index contributed by atoms with van der Waals surface area (Å²) in [5.74, 6) is -0.325. The van der Waals surface area contributed by atoms with Crippen molar-refractivity contribution in [1.82, 2.24) is 0 Å². The monoisotopic (exact) mass is 401 g/mol. The van der Waals surface area contributed by atoms with Gasteiger partial charge in [-0.3, -0.25) is 9.69 Å². The molecule has 1 amide bonds. The van der Waals surface area contributed by atoms with Crippen molar-refractivity contribution in [2.75, 3.05) is 4.90 Å². The Morgan fingerprint density at radius 1 is 0.900 bits per heavy atom. The molecule has 4 rings (SSSR count). The van der Waals surface area contributed by atoms with Gasteiger partial charge in [-0.2, -0.15) is 0 Å². The molecule has 1 atom stereocenters. The van der Waals surface area contributed by atoms with Crippen LogP contribution in [0.25, 0.3) is 0 Å². The highest BCUT2D eigenvalue weighted by atomic mass is 19.1. The Hall–Kier alpha value is -2.94. The second-order valence-electron chi connectivity index (χ2n) is 9.57. The Bertz CT molecular complexity index is 1160. The summed E-state index contributed by atoms with van der Waals surface area (Å²) < 4.78 is 15.1. The minimum atomic E-state index is -0.956. The van der Waals surface area contributed by atoms with Crippen LogP contribution in [0.15, 0.2) is 60.7 Å². The van der Waals surface area contributed by atoms with Crippen LogP contribution in [0.3, 0.4) is 0 Å². The number of carbonyl (C=O) groups excluding carboxylic acids is 1. The molecule has 154 valence electrons. The lowest BCUT2D eigenvalue weighted by Crippen LogP contribution is -2.37. The molecule has 0 saturated carbocycles. The van der Waals surface area contributed by atoms with Crippen LogP contribution in [0.1, 0.15) is 55.5 Å². The molecular weight excluding hydrogens is 373 g/mol.